The maximum Gasteiger partial charge on any atom is 0.258 e. The Morgan fingerprint density at radius 2 is 1.64 bits per heavy atom. The molecule has 0 unspecified atom stereocenters. The minimum absolute atomic E-state index is 0.296. The van der Waals surface area contributed by atoms with Crippen LogP contribution in [-0.4, -0.2) is 29.1 Å². The zero-order chi connectivity index (χ0) is 19.3. The van der Waals surface area contributed by atoms with Crippen molar-refractivity contribution in [3.05, 3.63) is 66.0 Å². The Morgan fingerprint density at radius 1 is 0.964 bits per heavy atom. The zero-order valence-electron chi connectivity index (χ0n) is 15.4. The highest BCUT2D eigenvalue weighted by atomic mass is 16.6. The summed E-state index contributed by atoms with van der Waals surface area (Å²) in [4.78, 5) is 20.9. The van der Waals surface area contributed by atoms with Gasteiger partial charge in [0.2, 0.25) is 5.95 Å². The van der Waals surface area contributed by atoms with Crippen LogP contribution in [0.4, 0.5) is 17.3 Å². The van der Waals surface area contributed by atoms with Crippen molar-refractivity contribution >= 4 is 23.2 Å². The fourth-order valence-corrected chi connectivity index (χ4v) is 2.79. The molecule has 7 heteroatoms. The Labute approximate surface area is 162 Å². The normalized spacial score (nSPS) is 12.3. The molecule has 3 aromatic rings. The minimum Gasteiger partial charge on any atom is -0.486 e. The molecule has 0 fully saturated rings. The summed E-state index contributed by atoms with van der Waals surface area (Å²) in [5, 5.41) is 5.94. The molecule has 1 aromatic heterocycles. The second-order valence-corrected chi connectivity index (χ2v) is 6.28. The first kappa shape index (κ1) is 17.8. The number of hydrogen-bond acceptors (Lipinski definition) is 6. The second-order valence-electron chi connectivity index (χ2n) is 6.28. The quantitative estimate of drug-likeness (QED) is 0.704. The van der Waals surface area contributed by atoms with E-state index in [9.17, 15) is 4.79 Å². The summed E-state index contributed by atoms with van der Waals surface area (Å²) in [5.74, 6) is 1.43. The summed E-state index contributed by atoms with van der Waals surface area (Å²) in [7, 11) is 0. The molecule has 0 aliphatic carbocycles. The van der Waals surface area contributed by atoms with Crippen molar-refractivity contribution in [2.45, 2.75) is 13.3 Å². The number of hydrogen-bond donors (Lipinski definition) is 2. The second kappa shape index (κ2) is 7.96. The van der Waals surface area contributed by atoms with Gasteiger partial charge in [-0.3, -0.25) is 4.79 Å². The number of ether oxygens (including phenoxy) is 2. The van der Waals surface area contributed by atoms with Gasteiger partial charge in [-0.25, -0.2) is 9.97 Å². The van der Waals surface area contributed by atoms with Crippen LogP contribution >= 0.6 is 0 Å². The molecule has 142 valence electrons. The van der Waals surface area contributed by atoms with Crippen molar-refractivity contribution in [1.29, 1.82) is 0 Å². The molecule has 0 saturated heterocycles. The average Bonchev–Trinajstić information content (AvgIpc) is 2.75. The molecule has 0 bridgehead atoms. The minimum atomic E-state index is -0.296. The third-order valence-corrected chi connectivity index (χ3v) is 4.33. The molecule has 2 N–H and O–H groups in total. The van der Waals surface area contributed by atoms with Crippen LogP contribution in [-0.2, 0) is 6.42 Å². The topological polar surface area (TPSA) is 85.4 Å². The number of carbonyl (C=O) groups excluding carboxylic acids is 1. The van der Waals surface area contributed by atoms with Gasteiger partial charge in [0.1, 0.15) is 13.2 Å². The van der Waals surface area contributed by atoms with Gasteiger partial charge < -0.3 is 20.1 Å². The number of nitrogens with zero attached hydrogens (tertiary/aromatic N) is 2. The first-order valence-electron chi connectivity index (χ1n) is 9.10. The third kappa shape index (κ3) is 4.03. The largest absolute Gasteiger partial charge is 0.486 e. The van der Waals surface area contributed by atoms with E-state index in [0.717, 1.165) is 12.1 Å². The fourth-order valence-electron chi connectivity index (χ4n) is 2.79. The molecule has 0 saturated carbocycles. The average molecular weight is 376 g/mol. The molecule has 0 atom stereocenters. The lowest BCUT2D eigenvalue weighted by Crippen LogP contribution is -2.16. The van der Waals surface area contributed by atoms with E-state index in [0.29, 0.717) is 41.9 Å². The van der Waals surface area contributed by atoms with Crippen LogP contribution < -0.4 is 20.1 Å². The predicted octanol–water partition coefficient (Wildman–Crippen LogP) is 3.81. The summed E-state index contributed by atoms with van der Waals surface area (Å²) in [6.07, 6.45) is 3.97. The van der Waals surface area contributed by atoms with Crippen LogP contribution in [0.3, 0.4) is 0 Å². The van der Waals surface area contributed by atoms with Gasteiger partial charge in [0.05, 0.1) is 5.56 Å². The first-order valence-corrected chi connectivity index (χ1v) is 9.10. The number of nitrogens with one attached hydrogen (secondary N) is 2. The van der Waals surface area contributed by atoms with Gasteiger partial charge in [-0.05, 0) is 36.2 Å². The molecule has 1 aliphatic heterocycles. The van der Waals surface area contributed by atoms with Crippen LogP contribution in [0, 0.1) is 0 Å². The van der Waals surface area contributed by atoms with Crippen molar-refractivity contribution in [3.63, 3.8) is 0 Å². The molecule has 0 radical (unpaired) electrons. The molecule has 2 heterocycles. The van der Waals surface area contributed by atoms with E-state index in [1.807, 2.05) is 12.1 Å². The van der Waals surface area contributed by atoms with Crippen LogP contribution in [0.25, 0.3) is 0 Å². The SMILES string of the molecule is CCc1ccc(Nc2ncc(C(=O)Nc3ccc4c(c3)OCCO4)cn2)cc1. The Balaban J connectivity index is 1.40. The monoisotopic (exact) mass is 376 g/mol. The smallest absolute Gasteiger partial charge is 0.258 e. The van der Waals surface area contributed by atoms with E-state index in [1.165, 1.54) is 18.0 Å². The number of aromatic nitrogens is 2. The Bertz CT molecular complexity index is 972. The third-order valence-electron chi connectivity index (χ3n) is 4.33. The highest BCUT2D eigenvalue weighted by molar-refractivity contribution is 6.04. The first-order chi connectivity index (χ1) is 13.7. The highest BCUT2D eigenvalue weighted by Crippen LogP contribution is 2.32. The summed E-state index contributed by atoms with van der Waals surface area (Å²) in [5.41, 5.74) is 3.14. The van der Waals surface area contributed by atoms with Gasteiger partial charge in [0.25, 0.3) is 5.91 Å². The molecule has 1 amide bonds. The highest BCUT2D eigenvalue weighted by Gasteiger charge is 2.14. The van der Waals surface area contributed by atoms with E-state index in [1.54, 1.807) is 18.2 Å². The zero-order valence-corrected chi connectivity index (χ0v) is 15.4. The molecule has 7 nitrogen and oxygen atoms in total. The van der Waals surface area contributed by atoms with E-state index in [2.05, 4.69) is 39.7 Å². The summed E-state index contributed by atoms with van der Waals surface area (Å²) < 4.78 is 11.0. The standard InChI is InChI=1S/C21H20N4O3/c1-2-14-3-5-16(6-4-14)25-21-22-12-15(13-23-21)20(26)24-17-7-8-18-19(11-17)28-10-9-27-18/h3-8,11-13H,2,9-10H2,1H3,(H,24,26)(H,22,23,25). The van der Waals surface area contributed by atoms with Crippen molar-refractivity contribution < 1.29 is 14.3 Å². The van der Waals surface area contributed by atoms with Crippen molar-refractivity contribution in [2.75, 3.05) is 23.8 Å². The van der Waals surface area contributed by atoms with Crippen LogP contribution in [0.5, 0.6) is 11.5 Å². The maximum absolute atomic E-state index is 12.4. The summed E-state index contributed by atoms with van der Waals surface area (Å²) in [6.45, 7) is 3.13. The van der Waals surface area contributed by atoms with Crippen molar-refractivity contribution in [2.24, 2.45) is 0 Å². The van der Waals surface area contributed by atoms with Crippen LogP contribution in [0.2, 0.25) is 0 Å². The van der Waals surface area contributed by atoms with Crippen molar-refractivity contribution in [3.8, 4) is 11.5 Å². The van der Waals surface area contributed by atoms with Gasteiger partial charge in [0, 0.05) is 29.8 Å². The van der Waals surface area contributed by atoms with Crippen molar-refractivity contribution in [1.82, 2.24) is 9.97 Å². The van der Waals surface area contributed by atoms with Gasteiger partial charge in [-0.2, -0.15) is 0 Å². The molecule has 4 rings (SSSR count). The van der Waals surface area contributed by atoms with E-state index < -0.39 is 0 Å². The summed E-state index contributed by atoms with van der Waals surface area (Å²) >= 11 is 0. The molecule has 1 aliphatic rings. The Morgan fingerprint density at radius 3 is 2.36 bits per heavy atom. The number of amides is 1. The Kier molecular flexibility index (Phi) is 5.05. The molecule has 0 spiro atoms. The van der Waals surface area contributed by atoms with Gasteiger partial charge >= 0.3 is 0 Å². The molecular weight excluding hydrogens is 356 g/mol. The fraction of sp³-hybridized carbons (Fsp3) is 0.190. The lowest BCUT2D eigenvalue weighted by atomic mass is 10.1. The summed E-state index contributed by atoms with van der Waals surface area (Å²) in [6, 6.07) is 13.3. The number of carbonyl (C=O) groups is 1. The molecule has 2 aromatic carbocycles. The number of anilines is 3. The van der Waals surface area contributed by atoms with Gasteiger partial charge in [-0.15, -0.1) is 0 Å². The van der Waals surface area contributed by atoms with E-state index in [4.69, 9.17) is 9.47 Å². The number of benzene rings is 2. The predicted molar refractivity (Wildman–Crippen MR) is 107 cm³/mol. The van der Waals surface area contributed by atoms with Crippen LogP contribution in [0.15, 0.2) is 54.9 Å². The number of fused-ring (bicyclic) bond motifs is 1. The maximum atomic E-state index is 12.4. The number of rotatable bonds is 5. The van der Waals surface area contributed by atoms with Gasteiger partial charge in [-0.1, -0.05) is 19.1 Å². The van der Waals surface area contributed by atoms with E-state index in [-0.39, 0.29) is 5.91 Å². The molecule has 28 heavy (non-hydrogen) atoms. The Hall–Kier alpha value is -3.61. The molecular formula is C21H20N4O3. The van der Waals surface area contributed by atoms with E-state index >= 15 is 0 Å². The number of aryl methyl sites for hydroxylation is 1. The lowest BCUT2D eigenvalue weighted by molar-refractivity contribution is 0.102. The van der Waals surface area contributed by atoms with Gasteiger partial charge in [0.15, 0.2) is 11.5 Å². The van der Waals surface area contributed by atoms with Crippen LogP contribution in [0.1, 0.15) is 22.8 Å². The lowest BCUT2D eigenvalue weighted by Gasteiger charge is -2.19.